The summed E-state index contributed by atoms with van der Waals surface area (Å²) in [5, 5.41) is 0. The maximum absolute atomic E-state index is 14.1. The van der Waals surface area contributed by atoms with Gasteiger partial charge in [-0.1, -0.05) is 6.07 Å². The van der Waals surface area contributed by atoms with Gasteiger partial charge in [-0.2, -0.15) is 0 Å². The standard InChI is InChI=1S/C24H26FN7O/c25-21-12-16(2-5-20(21)23(26)33)22-14-29-17(13-30-22)15-32(18-3-4-18)19-6-10-31(11-7-19)24-27-8-1-9-28-24/h1-2,5,8-9,12-14,18-19H,3-4,6-7,10-11,15H2,(H2,26,33). The molecule has 0 bridgehead atoms. The van der Waals surface area contributed by atoms with E-state index >= 15 is 0 Å². The fourth-order valence-corrected chi connectivity index (χ4v) is 4.46. The van der Waals surface area contributed by atoms with Crippen molar-refractivity contribution in [3.8, 4) is 11.3 Å². The quantitative estimate of drug-likeness (QED) is 0.594. The topological polar surface area (TPSA) is 101 Å². The predicted molar refractivity (Wildman–Crippen MR) is 122 cm³/mol. The van der Waals surface area contributed by atoms with Crippen LogP contribution in [0.3, 0.4) is 0 Å². The van der Waals surface area contributed by atoms with E-state index in [2.05, 4.69) is 29.7 Å². The van der Waals surface area contributed by atoms with Crippen molar-refractivity contribution in [1.82, 2.24) is 24.8 Å². The maximum Gasteiger partial charge on any atom is 0.251 e. The fourth-order valence-electron chi connectivity index (χ4n) is 4.46. The molecule has 9 heteroatoms. The second kappa shape index (κ2) is 9.19. The van der Waals surface area contributed by atoms with Gasteiger partial charge < -0.3 is 10.6 Å². The monoisotopic (exact) mass is 447 g/mol. The molecule has 5 rings (SSSR count). The number of piperidine rings is 1. The molecule has 2 aliphatic rings. The predicted octanol–water partition coefficient (Wildman–Crippen LogP) is 2.81. The molecule has 0 atom stereocenters. The van der Waals surface area contributed by atoms with E-state index < -0.39 is 11.7 Å². The van der Waals surface area contributed by atoms with Gasteiger partial charge in [-0.15, -0.1) is 0 Å². The average Bonchev–Trinajstić information content (AvgIpc) is 3.69. The SMILES string of the molecule is NC(=O)c1ccc(-c2cnc(CN(C3CC3)C3CCN(c4ncccn4)CC3)cn2)cc1F. The number of hydrogen-bond acceptors (Lipinski definition) is 7. The lowest BCUT2D eigenvalue weighted by Crippen LogP contribution is -2.46. The van der Waals surface area contributed by atoms with Crippen LogP contribution in [0.25, 0.3) is 11.3 Å². The molecule has 1 aromatic carbocycles. The lowest BCUT2D eigenvalue weighted by molar-refractivity contribution is 0.0996. The lowest BCUT2D eigenvalue weighted by atomic mass is 10.0. The van der Waals surface area contributed by atoms with Crippen LogP contribution >= 0.6 is 0 Å². The highest BCUT2D eigenvalue weighted by Crippen LogP contribution is 2.33. The zero-order valence-electron chi connectivity index (χ0n) is 18.3. The zero-order chi connectivity index (χ0) is 22.8. The van der Waals surface area contributed by atoms with Gasteiger partial charge in [0.2, 0.25) is 5.95 Å². The third-order valence-corrected chi connectivity index (χ3v) is 6.36. The van der Waals surface area contributed by atoms with Crippen LogP contribution < -0.4 is 10.6 Å². The first kappa shape index (κ1) is 21.4. The van der Waals surface area contributed by atoms with Crippen molar-refractivity contribution in [2.45, 2.75) is 44.3 Å². The van der Waals surface area contributed by atoms with Crippen molar-refractivity contribution < 1.29 is 9.18 Å². The number of aromatic nitrogens is 4. The number of nitrogens with two attached hydrogens (primary N) is 1. The Balaban J connectivity index is 1.24. The van der Waals surface area contributed by atoms with Gasteiger partial charge in [0.1, 0.15) is 5.82 Å². The van der Waals surface area contributed by atoms with Crippen LogP contribution in [0.2, 0.25) is 0 Å². The van der Waals surface area contributed by atoms with E-state index in [1.54, 1.807) is 30.9 Å². The number of nitrogens with zero attached hydrogens (tertiary/aromatic N) is 6. The van der Waals surface area contributed by atoms with Gasteiger partial charge in [-0.05, 0) is 43.9 Å². The number of carbonyl (C=O) groups excluding carboxylic acids is 1. The van der Waals surface area contributed by atoms with Crippen molar-refractivity contribution in [2.24, 2.45) is 5.73 Å². The van der Waals surface area contributed by atoms with E-state index in [4.69, 9.17) is 5.73 Å². The average molecular weight is 448 g/mol. The molecule has 2 aromatic heterocycles. The molecule has 8 nitrogen and oxygen atoms in total. The highest BCUT2D eigenvalue weighted by Gasteiger charge is 2.36. The van der Waals surface area contributed by atoms with Crippen LogP contribution in [0.1, 0.15) is 41.7 Å². The van der Waals surface area contributed by atoms with E-state index in [9.17, 15) is 9.18 Å². The summed E-state index contributed by atoms with van der Waals surface area (Å²) in [5.41, 5.74) is 7.06. The van der Waals surface area contributed by atoms with Crippen LogP contribution in [-0.4, -0.2) is 55.9 Å². The van der Waals surface area contributed by atoms with Gasteiger partial charge in [-0.3, -0.25) is 19.7 Å². The third-order valence-electron chi connectivity index (χ3n) is 6.36. The number of benzene rings is 1. The zero-order valence-corrected chi connectivity index (χ0v) is 18.3. The lowest BCUT2D eigenvalue weighted by Gasteiger charge is -2.38. The van der Waals surface area contributed by atoms with Gasteiger partial charge in [0, 0.05) is 49.7 Å². The van der Waals surface area contributed by atoms with Gasteiger partial charge in [-0.25, -0.2) is 14.4 Å². The van der Waals surface area contributed by atoms with Crippen LogP contribution in [0.4, 0.5) is 10.3 Å². The smallest absolute Gasteiger partial charge is 0.251 e. The second-order valence-corrected chi connectivity index (χ2v) is 8.62. The minimum absolute atomic E-state index is 0.131. The summed E-state index contributed by atoms with van der Waals surface area (Å²) >= 11 is 0. The Morgan fingerprint density at radius 1 is 1.03 bits per heavy atom. The molecule has 33 heavy (non-hydrogen) atoms. The van der Waals surface area contributed by atoms with E-state index in [0.29, 0.717) is 23.3 Å². The number of amides is 1. The molecule has 0 unspecified atom stereocenters. The second-order valence-electron chi connectivity index (χ2n) is 8.62. The van der Waals surface area contributed by atoms with Gasteiger partial charge in [0.15, 0.2) is 0 Å². The van der Waals surface area contributed by atoms with Gasteiger partial charge in [0.25, 0.3) is 5.91 Å². The fraction of sp³-hybridized carbons (Fsp3) is 0.375. The Labute approximate surface area is 191 Å². The first-order chi connectivity index (χ1) is 16.1. The molecule has 170 valence electrons. The molecule has 3 heterocycles. The van der Waals surface area contributed by atoms with E-state index in [1.165, 1.54) is 25.0 Å². The van der Waals surface area contributed by atoms with Crippen molar-refractivity contribution in [3.05, 3.63) is 66.1 Å². The minimum atomic E-state index is -0.789. The van der Waals surface area contributed by atoms with Crippen LogP contribution in [0.15, 0.2) is 49.1 Å². The Morgan fingerprint density at radius 2 is 1.76 bits per heavy atom. The van der Waals surface area contributed by atoms with E-state index in [0.717, 1.165) is 44.1 Å². The number of primary amides is 1. The largest absolute Gasteiger partial charge is 0.366 e. The molecular formula is C24H26FN7O. The van der Waals surface area contributed by atoms with Gasteiger partial charge >= 0.3 is 0 Å². The highest BCUT2D eigenvalue weighted by molar-refractivity contribution is 5.93. The first-order valence-electron chi connectivity index (χ1n) is 11.3. The molecule has 0 spiro atoms. The summed E-state index contributed by atoms with van der Waals surface area (Å²) in [6.45, 7) is 2.63. The molecule has 1 amide bonds. The Hall–Kier alpha value is -3.46. The summed E-state index contributed by atoms with van der Waals surface area (Å²) < 4.78 is 14.1. The first-order valence-corrected chi connectivity index (χ1v) is 11.3. The summed E-state index contributed by atoms with van der Waals surface area (Å²) in [6, 6.07) is 7.22. The molecule has 1 aliphatic heterocycles. The maximum atomic E-state index is 14.1. The summed E-state index contributed by atoms with van der Waals surface area (Å²) in [7, 11) is 0. The number of rotatable bonds is 7. The molecule has 2 N–H and O–H groups in total. The third kappa shape index (κ3) is 4.83. The molecule has 0 radical (unpaired) electrons. The summed E-state index contributed by atoms with van der Waals surface area (Å²) in [6.07, 6.45) is 11.6. The van der Waals surface area contributed by atoms with Crippen molar-refractivity contribution in [2.75, 3.05) is 18.0 Å². The number of anilines is 1. The molecule has 1 aliphatic carbocycles. The van der Waals surface area contributed by atoms with E-state index in [-0.39, 0.29) is 5.56 Å². The Kier molecular flexibility index (Phi) is 5.95. The van der Waals surface area contributed by atoms with Crippen molar-refractivity contribution in [3.63, 3.8) is 0 Å². The van der Waals surface area contributed by atoms with Crippen molar-refractivity contribution in [1.29, 1.82) is 0 Å². The summed E-state index contributed by atoms with van der Waals surface area (Å²) in [4.78, 5) is 33.9. The van der Waals surface area contributed by atoms with Crippen molar-refractivity contribution >= 4 is 11.9 Å². The molecule has 1 saturated carbocycles. The number of hydrogen-bond donors (Lipinski definition) is 1. The van der Waals surface area contributed by atoms with Crippen LogP contribution in [-0.2, 0) is 6.54 Å². The Bertz CT molecular complexity index is 1110. The van der Waals surface area contributed by atoms with Gasteiger partial charge in [0.05, 0.1) is 29.3 Å². The Morgan fingerprint density at radius 3 is 2.36 bits per heavy atom. The normalized spacial score (nSPS) is 16.8. The van der Waals surface area contributed by atoms with Crippen LogP contribution in [0, 0.1) is 5.82 Å². The summed E-state index contributed by atoms with van der Waals surface area (Å²) in [5.74, 6) is -0.642. The molecular weight excluding hydrogens is 421 g/mol. The number of halogens is 1. The highest BCUT2D eigenvalue weighted by atomic mass is 19.1. The van der Waals surface area contributed by atoms with Crippen LogP contribution in [0.5, 0.6) is 0 Å². The molecule has 1 saturated heterocycles. The van der Waals surface area contributed by atoms with E-state index in [1.807, 2.05) is 6.07 Å². The molecule has 3 aromatic rings. The number of carbonyl (C=O) groups is 1. The minimum Gasteiger partial charge on any atom is -0.366 e. The molecule has 2 fully saturated rings.